The number of H-pyrrole nitrogens is 1. The predicted molar refractivity (Wildman–Crippen MR) is 66.0 cm³/mol. The van der Waals surface area contributed by atoms with Crippen molar-refractivity contribution in [3.63, 3.8) is 0 Å². The highest BCUT2D eigenvalue weighted by Crippen LogP contribution is 2.31. The van der Waals surface area contributed by atoms with Gasteiger partial charge in [-0.1, -0.05) is 5.16 Å². The van der Waals surface area contributed by atoms with E-state index < -0.39 is 0 Å². The normalized spacial score (nSPS) is 11.0. The number of aromatic amines is 1. The Morgan fingerprint density at radius 2 is 2.28 bits per heavy atom. The number of hydrogen-bond donors (Lipinski definition) is 2. The lowest BCUT2D eigenvalue weighted by Gasteiger charge is -2.00. The van der Waals surface area contributed by atoms with E-state index >= 15 is 0 Å². The second kappa shape index (κ2) is 4.15. The Kier molecular flexibility index (Phi) is 2.49. The van der Waals surface area contributed by atoms with Gasteiger partial charge in [0.15, 0.2) is 0 Å². The van der Waals surface area contributed by atoms with Crippen LogP contribution in [0.1, 0.15) is 5.69 Å². The van der Waals surface area contributed by atoms with Crippen molar-refractivity contribution in [1.29, 1.82) is 0 Å². The number of fused-ring (bicyclic) bond motifs is 1. The topological polar surface area (TPSA) is 90.0 Å². The molecule has 3 aromatic rings. The second-order valence-corrected chi connectivity index (χ2v) is 3.88. The third kappa shape index (κ3) is 1.54. The summed E-state index contributed by atoms with van der Waals surface area (Å²) in [6.07, 6.45) is 1.86. The van der Waals surface area contributed by atoms with E-state index in [0.717, 1.165) is 22.2 Å². The molecule has 0 aliphatic carbocycles. The predicted octanol–water partition coefficient (Wildman–Crippen LogP) is 1.69. The van der Waals surface area contributed by atoms with Crippen molar-refractivity contribution in [2.24, 2.45) is 5.73 Å². The highest BCUT2D eigenvalue weighted by Gasteiger charge is 2.15. The minimum Gasteiger partial charge on any atom is -0.497 e. The van der Waals surface area contributed by atoms with E-state index in [1.807, 2.05) is 24.4 Å². The zero-order chi connectivity index (χ0) is 12.5. The number of nitrogens with two attached hydrogens (primary N) is 1. The number of rotatable bonds is 3. The number of hydrogen-bond acceptors (Lipinski definition) is 5. The summed E-state index contributed by atoms with van der Waals surface area (Å²) in [6, 6.07) is 5.79. The maximum Gasteiger partial charge on any atom is 0.141 e. The van der Waals surface area contributed by atoms with Gasteiger partial charge in [0, 0.05) is 29.2 Å². The number of ether oxygens (including phenoxy) is 1. The molecule has 0 spiro atoms. The molecule has 3 N–H and O–H groups in total. The molecular formula is C12H12N4O2. The lowest BCUT2D eigenvalue weighted by molar-refractivity contribution is 0.304. The highest BCUT2D eigenvalue weighted by atomic mass is 16.6. The van der Waals surface area contributed by atoms with Crippen LogP contribution in [0.3, 0.4) is 0 Å². The average Bonchev–Trinajstić information content (AvgIpc) is 3.03. The van der Waals surface area contributed by atoms with Gasteiger partial charge in [0.1, 0.15) is 17.1 Å². The summed E-state index contributed by atoms with van der Waals surface area (Å²) >= 11 is 0. The standard InChI is InChI=1S/C12H12N4O2/c1-17-7-2-3-10-8(4-7)9(6-14-10)12-11(5-13)15-18-16-12/h2-4,6,14H,5,13H2,1H3. The van der Waals surface area contributed by atoms with Gasteiger partial charge in [-0.3, -0.25) is 0 Å². The van der Waals surface area contributed by atoms with Gasteiger partial charge < -0.3 is 15.5 Å². The summed E-state index contributed by atoms with van der Waals surface area (Å²) in [5.41, 5.74) is 8.81. The molecule has 0 bridgehead atoms. The molecule has 0 aliphatic rings. The van der Waals surface area contributed by atoms with E-state index in [-0.39, 0.29) is 6.54 Å². The van der Waals surface area contributed by atoms with Crippen LogP contribution < -0.4 is 10.5 Å². The SMILES string of the molecule is COc1ccc2[nH]cc(-c3nonc3CN)c2c1. The molecule has 6 heteroatoms. The second-order valence-electron chi connectivity index (χ2n) is 3.88. The number of aromatic nitrogens is 3. The van der Waals surface area contributed by atoms with Gasteiger partial charge in [0.05, 0.1) is 7.11 Å². The molecule has 0 amide bonds. The Bertz CT molecular complexity index is 686. The van der Waals surface area contributed by atoms with Crippen LogP contribution in [0.4, 0.5) is 0 Å². The van der Waals surface area contributed by atoms with E-state index in [2.05, 4.69) is 15.3 Å². The fraction of sp³-hybridized carbons (Fsp3) is 0.167. The van der Waals surface area contributed by atoms with Crippen LogP contribution in [0, 0.1) is 0 Å². The molecule has 0 unspecified atom stereocenters. The zero-order valence-electron chi connectivity index (χ0n) is 9.80. The average molecular weight is 244 g/mol. The molecular weight excluding hydrogens is 232 g/mol. The Balaban J connectivity index is 2.23. The minimum atomic E-state index is 0.287. The highest BCUT2D eigenvalue weighted by molar-refractivity contribution is 5.95. The van der Waals surface area contributed by atoms with Crippen LogP contribution in [0.15, 0.2) is 29.0 Å². The maximum atomic E-state index is 5.60. The summed E-state index contributed by atoms with van der Waals surface area (Å²) in [5, 5.41) is 8.69. The van der Waals surface area contributed by atoms with Crippen LogP contribution in [0.5, 0.6) is 5.75 Å². The Morgan fingerprint density at radius 3 is 3.06 bits per heavy atom. The fourth-order valence-corrected chi connectivity index (χ4v) is 1.97. The van der Waals surface area contributed by atoms with Gasteiger partial charge in [-0.2, -0.15) is 0 Å². The number of methoxy groups -OCH3 is 1. The molecule has 3 rings (SSSR count). The Morgan fingerprint density at radius 1 is 1.39 bits per heavy atom. The monoisotopic (exact) mass is 244 g/mol. The third-order valence-electron chi connectivity index (χ3n) is 2.89. The van der Waals surface area contributed by atoms with Gasteiger partial charge in [-0.05, 0) is 23.4 Å². The van der Waals surface area contributed by atoms with Gasteiger partial charge in [-0.25, -0.2) is 4.63 Å². The van der Waals surface area contributed by atoms with Crippen LogP contribution in [-0.2, 0) is 6.54 Å². The molecule has 92 valence electrons. The van der Waals surface area contributed by atoms with Crippen molar-refractivity contribution < 1.29 is 9.37 Å². The van der Waals surface area contributed by atoms with Gasteiger partial charge in [0.2, 0.25) is 0 Å². The zero-order valence-corrected chi connectivity index (χ0v) is 9.80. The molecule has 2 aromatic heterocycles. The van der Waals surface area contributed by atoms with Crippen molar-refractivity contribution in [3.8, 4) is 17.0 Å². The van der Waals surface area contributed by atoms with E-state index in [1.54, 1.807) is 7.11 Å². The van der Waals surface area contributed by atoms with Gasteiger partial charge in [-0.15, -0.1) is 0 Å². The van der Waals surface area contributed by atoms with Crippen molar-refractivity contribution >= 4 is 10.9 Å². The first-order valence-corrected chi connectivity index (χ1v) is 5.50. The molecule has 6 nitrogen and oxygen atoms in total. The van der Waals surface area contributed by atoms with E-state index in [1.165, 1.54) is 0 Å². The third-order valence-corrected chi connectivity index (χ3v) is 2.89. The van der Waals surface area contributed by atoms with E-state index in [9.17, 15) is 0 Å². The quantitative estimate of drug-likeness (QED) is 0.731. The summed E-state index contributed by atoms with van der Waals surface area (Å²) in [7, 11) is 1.64. The largest absolute Gasteiger partial charge is 0.497 e. The molecule has 1 aromatic carbocycles. The number of nitrogens with one attached hydrogen (secondary N) is 1. The maximum absolute atomic E-state index is 5.60. The molecule has 0 radical (unpaired) electrons. The van der Waals surface area contributed by atoms with E-state index in [4.69, 9.17) is 15.1 Å². The molecule has 0 fully saturated rings. The first kappa shape index (κ1) is 10.8. The summed E-state index contributed by atoms with van der Waals surface area (Å²) in [6.45, 7) is 0.287. The molecule has 0 saturated carbocycles. The Labute approximate surface area is 103 Å². The molecule has 2 heterocycles. The van der Waals surface area contributed by atoms with Crippen molar-refractivity contribution in [2.45, 2.75) is 6.54 Å². The molecule has 0 saturated heterocycles. The lowest BCUT2D eigenvalue weighted by atomic mass is 10.1. The molecule has 0 aliphatic heterocycles. The van der Waals surface area contributed by atoms with Gasteiger partial charge >= 0.3 is 0 Å². The first-order chi connectivity index (χ1) is 8.83. The van der Waals surface area contributed by atoms with Crippen molar-refractivity contribution in [1.82, 2.24) is 15.3 Å². The van der Waals surface area contributed by atoms with E-state index in [0.29, 0.717) is 11.4 Å². The summed E-state index contributed by atoms with van der Waals surface area (Å²) in [4.78, 5) is 3.17. The molecule has 0 atom stereocenters. The lowest BCUT2D eigenvalue weighted by Crippen LogP contribution is -1.98. The van der Waals surface area contributed by atoms with Crippen molar-refractivity contribution in [3.05, 3.63) is 30.1 Å². The smallest absolute Gasteiger partial charge is 0.141 e. The number of benzene rings is 1. The van der Waals surface area contributed by atoms with Crippen LogP contribution >= 0.6 is 0 Å². The first-order valence-electron chi connectivity index (χ1n) is 5.50. The Hall–Kier alpha value is -2.34. The van der Waals surface area contributed by atoms with Gasteiger partial charge in [0.25, 0.3) is 0 Å². The summed E-state index contributed by atoms with van der Waals surface area (Å²) in [5.74, 6) is 0.786. The molecule has 18 heavy (non-hydrogen) atoms. The van der Waals surface area contributed by atoms with Crippen LogP contribution in [0.2, 0.25) is 0 Å². The van der Waals surface area contributed by atoms with Crippen molar-refractivity contribution in [2.75, 3.05) is 7.11 Å². The van der Waals surface area contributed by atoms with Crippen LogP contribution in [-0.4, -0.2) is 22.4 Å². The summed E-state index contributed by atoms with van der Waals surface area (Å²) < 4.78 is 9.96. The number of nitrogens with zero attached hydrogens (tertiary/aromatic N) is 2. The van der Waals surface area contributed by atoms with Crippen LogP contribution in [0.25, 0.3) is 22.2 Å². The minimum absolute atomic E-state index is 0.287. The fourth-order valence-electron chi connectivity index (χ4n) is 1.97.